The minimum Gasteiger partial charge on any atom is -0.481 e. The molecule has 1 aromatic carbocycles. The molecule has 0 radical (unpaired) electrons. The van der Waals surface area contributed by atoms with Gasteiger partial charge in [-0.1, -0.05) is 6.07 Å². The number of aromatic nitrogens is 1. The molecule has 0 amide bonds. The van der Waals surface area contributed by atoms with E-state index >= 15 is 0 Å². The number of anilines is 2. The van der Waals surface area contributed by atoms with Crippen molar-refractivity contribution in [3.05, 3.63) is 47.7 Å². The largest absolute Gasteiger partial charge is 0.481 e. The van der Waals surface area contributed by atoms with Gasteiger partial charge in [-0.3, -0.25) is 0 Å². The summed E-state index contributed by atoms with van der Waals surface area (Å²) in [6.07, 6.45) is 1.74. The first-order valence-electron chi connectivity index (χ1n) is 5.75. The fraction of sp³-hybridized carbons (Fsp3) is 0.143. The number of nitrogens with two attached hydrogens (primary N) is 1. The molecule has 0 fully saturated rings. The van der Waals surface area contributed by atoms with Gasteiger partial charge < -0.3 is 15.8 Å². The Morgan fingerprint density at radius 3 is 2.79 bits per heavy atom. The molecule has 2 aromatic rings. The number of methoxy groups -OCH3 is 1. The number of rotatable bonds is 4. The molecule has 5 nitrogen and oxygen atoms in total. The van der Waals surface area contributed by atoms with Gasteiger partial charge in [0.15, 0.2) is 0 Å². The molecule has 2 rings (SSSR count). The fourth-order valence-electron chi connectivity index (χ4n) is 1.63. The number of benzene rings is 1. The van der Waals surface area contributed by atoms with E-state index in [2.05, 4.69) is 10.3 Å². The van der Waals surface area contributed by atoms with Crippen LogP contribution in [0.2, 0.25) is 0 Å². The lowest BCUT2D eigenvalue weighted by molar-refractivity contribution is 0.397. The van der Waals surface area contributed by atoms with Crippen molar-refractivity contribution < 1.29 is 4.74 Å². The number of nitrogen functional groups attached to an aromatic ring is 1. The van der Waals surface area contributed by atoms with Crippen LogP contribution in [0.25, 0.3) is 0 Å². The van der Waals surface area contributed by atoms with Crippen molar-refractivity contribution in [2.45, 2.75) is 6.54 Å². The van der Waals surface area contributed by atoms with Crippen molar-refractivity contribution in [3.63, 3.8) is 0 Å². The lowest BCUT2D eigenvalue weighted by atomic mass is 10.2. The van der Waals surface area contributed by atoms with E-state index in [0.717, 1.165) is 11.3 Å². The van der Waals surface area contributed by atoms with E-state index in [9.17, 15) is 0 Å². The number of nitrogens with zero attached hydrogens (tertiary/aromatic N) is 2. The fourth-order valence-corrected chi connectivity index (χ4v) is 1.63. The predicted molar refractivity (Wildman–Crippen MR) is 73.7 cm³/mol. The Hall–Kier alpha value is -2.74. The average molecular weight is 254 g/mol. The van der Waals surface area contributed by atoms with E-state index in [-0.39, 0.29) is 0 Å². The van der Waals surface area contributed by atoms with Gasteiger partial charge in [0.2, 0.25) is 5.88 Å². The Bertz CT molecular complexity index is 602. The highest BCUT2D eigenvalue weighted by atomic mass is 16.5. The zero-order valence-corrected chi connectivity index (χ0v) is 10.6. The smallest absolute Gasteiger partial charge is 0.212 e. The third kappa shape index (κ3) is 3.13. The summed E-state index contributed by atoms with van der Waals surface area (Å²) in [5, 5.41) is 12.0. The number of ether oxygens (including phenoxy) is 1. The molecule has 0 aliphatic rings. The molecule has 0 bridgehead atoms. The summed E-state index contributed by atoms with van der Waals surface area (Å²) < 4.78 is 4.99. The van der Waals surface area contributed by atoms with E-state index < -0.39 is 0 Å². The van der Waals surface area contributed by atoms with Gasteiger partial charge in [0.25, 0.3) is 0 Å². The van der Waals surface area contributed by atoms with Gasteiger partial charge in [-0.25, -0.2) is 4.98 Å². The van der Waals surface area contributed by atoms with Gasteiger partial charge >= 0.3 is 0 Å². The van der Waals surface area contributed by atoms with Crippen molar-refractivity contribution in [3.8, 4) is 11.9 Å². The summed E-state index contributed by atoms with van der Waals surface area (Å²) in [6.45, 7) is 0.604. The molecule has 0 aliphatic carbocycles. The summed E-state index contributed by atoms with van der Waals surface area (Å²) in [5.74, 6) is 0.585. The second-order valence-corrected chi connectivity index (χ2v) is 3.98. The minimum atomic E-state index is 0.550. The molecule has 0 saturated carbocycles. The van der Waals surface area contributed by atoms with Crippen LogP contribution in [0.3, 0.4) is 0 Å². The van der Waals surface area contributed by atoms with Crippen LogP contribution in [0, 0.1) is 11.3 Å². The number of hydrogen-bond donors (Lipinski definition) is 2. The van der Waals surface area contributed by atoms with E-state index in [1.54, 1.807) is 37.6 Å². The summed E-state index contributed by atoms with van der Waals surface area (Å²) in [4.78, 5) is 4.12. The third-order valence-electron chi connectivity index (χ3n) is 2.67. The van der Waals surface area contributed by atoms with Crippen molar-refractivity contribution in [2.75, 3.05) is 18.2 Å². The van der Waals surface area contributed by atoms with Crippen LogP contribution in [-0.4, -0.2) is 12.1 Å². The predicted octanol–water partition coefficient (Wildman–Crippen LogP) is 2.16. The molecule has 19 heavy (non-hydrogen) atoms. The van der Waals surface area contributed by atoms with E-state index in [4.69, 9.17) is 15.7 Å². The number of nitrogens with one attached hydrogen (secondary N) is 1. The quantitative estimate of drug-likeness (QED) is 0.817. The molecule has 0 aliphatic heterocycles. The van der Waals surface area contributed by atoms with Crippen molar-refractivity contribution in [1.29, 1.82) is 5.26 Å². The van der Waals surface area contributed by atoms with Gasteiger partial charge in [-0.2, -0.15) is 5.26 Å². The molecule has 0 spiro atoms. The minimum absolute atomic E-state index is 0.550. The number of hydrogen-bond acceptors (Lipinski definition) is 5. The van der Waals surface area contributed by atoms with Crippen LogP contribution in [0.1, 0.15) is 11.1 Å². The first-order chi connectivity index (χ1) is 9.22. The van der Waals surface area contributed by atoms with E-state index in [1.165, 1.54) is 0 Å². The standard InChI is InChI=1S/C14H14N4O/c1-19-14-5-3-11(9-18-14)8-17-13-4-2-10(7-15)6-12(13)16/h2-6,9,17H,8,16H2,1H3. The summed E-state index contributed by atoms with van der Waals surface area (Å²) in [6, 6.07) is 11.0. The Morgan fingerprint density at radius 1 is 1.37 bits per heavy atom. The van der Waals surface area contributed by atoms with Crippen molar-refractivity contribution >= 4 is 11.4 Å². The van der Waals surface area contributed by atoms with Gasteiger partial charge in [-0.15, -0.1) is 0 Å². The second-order valence-electron chi connectivity index (χ2n) is 3.98. The summed E-state index contributed by atoms with van der Waals surface area (Å²) in [5.41, 5.74) is 8.78. The topological polar surface area (TPSA) is 84.0 Å². The lowest BCUT2D eigenvalue weighted by Gasteiger charge is -2.09. The summed E-state index contributed by atoms with van der Waals surface area (Å²) >= 11 is 0. The molecule has 1 heterocycles. The summed E-state index contributed by atoms with van der Waals surface area (Å²) in [7, 11) is 1.58. The third-order valence-corrected chi connectivity index (χ3v) is 2.67. The van der Waals surface area contributed by atoms with Gasteiger partial charge in [0.1, 0.15) is 0 Å². The molecular formula is C14H14N4O. The first kappa shape index (κ1) is 12.7. The highest BCUT2D eigenvalue weighted by Crippen LogP contribution is 2.20. The van der Waals surface area contributed by atoms with Crippen molar-refractivity contribution in [1.82, 2.24) is 4.98 Å². The maximum Gasteiger partial charge on any atom is 0.212 e. The van der Waals surface area contributed by atoms with Crippen LogP contribution < -0.4 is 15.8 Å². The number of pyridine rings is 1. The molecule has 0 unspecified atom stereocenters. The van der Waals surface area contributed by atoms with Crippen LogP contribution in [0.4, 0.5) is 11.4 Å². The van der Waals surface area contributed by atoms with Gasteiger partial charge in [0, 0.05) is 18.8 Å². The lowest BCUT2D eigenvalue weighted by Crippen LogP contribution is -2.03. The van der Waals surface area contributed by atoms with Crippen LogP contribution in [-0.2, 0) is 6.54 Å². The van der Waals surface area contributed by atoms with Gasteiger partial charge in [0.05, 0.1) is 30.1 Å². The number of nitriles is 1. The van der Waals surface area contributed by atoms with E-state index in [0.29, 0.717) is 23.7 Å². The maximum absolute atomic E-state index is 8.76. The Morgan fingerprint density at radius 2 is 2.21 bits per heavy atom. The molecule has 96 valence electrons. The zero-order chi connectivity index (χ0) is 13.7. The molecular weight excluding hydrogens is 240 g/mol. The molecule has 3 N–H and O–H groups in total. The average Bonchev–Trinajstić information content (AvgIpc) is 2.46. The molecule has 1 aromatic heterocycles. The zero-order valence-electron chi connectivity index (χ0n) is 10.6. The van der Waals surface area contributed by atoms with E-state index in [1.807, 2.05) is 12.1 Å². The Labute approximate surface area is 111 Å². The first-order valence-corrected chi connectivity index (χ1v) is 5.75. The van der Waals surface area contributed by atoms with Crippen LogP contribution >= 0.6 is 0 Å². The highest BCUT2D eigenvalue weighted by Gasteiger charge is 2.01. The normalized spacial score (nSPS) is 9.68. The SMILES string of the molecule is COc1ccc(CNc2ccc(C#N)cc2N)cn1. The molecule has 0 atom stereocenters. The van der Waals surface area contributed by atoms with Crippen LogP contribution in [0.5, 0.6) is 5.88 Å². The monoisotopic (exact) mass is 254 g/mol. The van der Waals surface area contributed by atoms with Crippen molar-refractivity contribution in [2.24, 2.45) is 0 Å². The molecule has 5 heteroatoms. The molecule has 0 saturated heterocycles. The Kier molecular flexibility index (Phi) is 3.84. The maximum atomic E-state index is 8.76. The highest BCUT2D eigenvalue weighted by molar-refractivity contribution is 5.68. The van der Waals surface area contributed by atoms with Gasteiger partial charge in [-0.05, 0) is 23.8 Å². The Balaban J connectivity index is 2.04. The van der Waals surface area contributed by atoms with Crippen LogP contribution in [0.15, 0.2) is 36.5 Å². The second kappa shape index (κ2) is 5.74.